The summed E-state index contributed by atoms with van der Waals surface area (Å²) in [6.07, 6.45) is 2.12. The molecule has 3 aromatic rings. The smallest absolute Gasteiger partial charge is 0.0498 e. The molecule has 0 fully saturated rings. The Morgan fingerprint density at radius 1 is 0.684 bits per heavy atom. The molecular formula is C17H16NP. The van der Waals surface area contributed by atoms with E-state index in [1.54, 1.807) is 0 Å². The van der Waals surface area contributed by atoms with Crippen LogP contribution in [0.15, 0.2) is 79.0 Å². The largest absolute Gasteiger partial charge is 0.350 e. The van der Waals surface area contributed by atoms with Crippen molar-refractivity contribution >= 4 is 24.0 Å². The monoisotopic (exact) mass is 265 g/mol. The zero-order valence-electron chi connectivity index (χ0n) is 10.9. The molecule has 1 aromatic heterocycles. The first kappa shape index (κ1) is 12.2. The van der Waals surface area contributed by atoms with Crippen molar-refractivity contribution in [1.82, 2.24) is 4.57 Å². The molecule has 19 heavy (non-hydrogen) atoms. The normalized spacial score (nSPS) is 10.8. The van der Waals surface area contributed by atoms with E-state index in [1.165, 1.54) is 16.0 Å². The average Bonchev–Trinajstić information content (AvgIpc) is 2.88. The first-order valence-electron chi connectivity index (χ1n) is 6.38. The van der Waals surface area contributed by atoms with Crippen molar-refractivity contribution in [2.75, 3.05) is 0 Å². The quantitative estimate of drug-likeness (QED) is 0.642. The van der Waals surface area contributed by atoms with Gasteiger partial charge in [0.05, 0.1) is 0 Å². The van der Waals surface area contributed by atoms with Gasteiger partial charge in [-0.05, 0) is 22.7 Å². The molecule has 1 nitrogen and oxygen atoms in total. The number of hydrogen-bond acceptors (Lipinski definition) is 0. The average molecular weight is 265 g/mol. The zero-order chi connectivity index (χ0) is 13.1. The second kappa shape index (κ2) is 5.42. The van der Waals surface area contributed by atoms with Crippen molar-refractivity contribution < 1.29 is 0 Å². The van der Waals surface area contributed by atoms with Gasteiger partial charge in [-0.15, -0.1) is 0 Å². The highest BCUT2D eigenvalue weighted by atomic mass is 31.1. The van der Waals surface area contributed by atoms with Crippen LogP contribution in [0.25, 0.3) is 0 Å². The number of hydrogen-bond donors (Lipinski definition) is 0. The van der Waals surface area contributed by atoms with Gasteiger partial charge >= 0.3 is 0 Å². The van der Waals surface area contributed by atoms with Crippen LogP contribution in [0.4, 0.5) is 0 Å². The number of rotatable bonds is 3. The van der Waals surface area contributed by atoms with E-state index in [4.69, 9.17) is 0 Å². The number of nitrogens with zero attached hydrogens (tertiary/aromatic N) is 1. The Morgan fingerprint density at radius 2 is 1.21 bits per heavy atom. The highest BCUT2D eigenvalue weighted by molar-refractivity contribution is 7.79. The summed E-state index contributed by atoms with van der Waals surface area (Å²) >= 11 is 0. The SMILES string of the molecule is Cn1cccc1P(c1ccccc1)c1ccccc1. The fourth-order valence-corrected chi connectivity index (χ4v) is 4.64. The Morgan fingerprint density at radius 3 is 1.63 bits per heavy atom. The summed E-state index contributed by atoms with van der Waals surface area (Å²) in [6, 6.07) is 25.9. The minimum absolute atomic E-state index is 0.467. The van der Waals surface area contributed by atoms with Gasteiger partial charge in [0.1, 0.15) is 0 Å². The third-order valence-electron chi connectivity index (χ3n) is 3.17. The van der Waals surface area contributed by atoms with Crippen LogP contribution >= 0.6 is 7.92 Å². The lowest BCUT2D eigenvalue weighted by Crippen LogP contribution is -2.24. The molecule has 0 unspecified atom stereocenters. The Labute approximate surface area is 115 Å². The molecule has 94 valence electrons. The summed E-state index contributed by atoms with van der Waals surface area (Å²) < 4.78 is 2.23. The lowest BCUT2D eigenvalue weighted by atomic mass is 10.4. The zero-order valence-corrected chi connectivity index (χ0v) is 11.8. The van der Waals surface area contributed by atoms with Crippen LogP contribution in [0.1, 0.15) is 0 Å². The molecule has 0 aliphatic rings. The van der Waals surface area contributed by atoms with E-state index in [2.05, 4.69) is 90.6 Å². The molecule has 0 bridgehead atoms. The molecule has 0 aliphatic heterocycles. The molecule has 2 heteroatoms. The highest BCUT2D eigenvalue weighted by Crippen LogP contribution is 2.32. The molecule has 0 spiro atoms. The maximum Gasteiger partial charge on any atom is 0.0498 e. The molecule has 3 rings (SSSR count). The van der Waals surface area contributed by atoms with E-state index in [9.17, 15) is 0 Å². The van der Waals surface area contributed by atoms with Gasteiger partial charge in [-0.2, -0.15) is 0 Å². The van der Waals surface area contributed by atoms with E-state index in [0.29, 0.717) is 0 Å². The van der Waals surface area contributed by atoms with Crippen molar-refractivity contribution in [3.8, 4) is 0 Å². The second-order valence-corrected chi connectivity index (χ2v) is 6.65. The summed E-state index contributed by atoms with van der Waals surface area (Å²) in [5, 5.41) is 2.79. The summed E-state index contributed by atoms with van der Waals surface area (Å²) in [4.78, 5) is 0. The van der Waals surface area contributed by atoms with E-state index >= 15 is 0 Å². The highest BCUT2D eigenvalue weighted by Gasteiger charge is 2.17. The summed E-state index contributed by atoms with van der Waals surface area (Å²) in [5.41, 5.74) is 1.38. The molecule has 0 radical (unpaired) electrons. The Hall–Kier alpha value is -1.85. The van der Waals surface area contributed by atoms with E-state index in [1.807, 2.05) is 0 Å². The van der Waals surface area contributed by atoms with Gasteiger partial charge in [-0.1, -0.05) is 60.7 Å². The fraction of sp³-hybridized carbons (Fsp3) is 0.0588. The van der Waals surface area contributed by atoms with Crippen LogP contribution in [0, 0.1) is 0 Å². The van der Waals surface area contributed by atoms with Crippen molar-refractivity contribution in [2.24, 2.45) is 7.05 Å². The maximum atomic E-state index is 2.23. The van der Waals surface area contributed by atoms with Gasteiger partial charge in [0.2, 0.25) is 0 Å². The van der Waals surface area contributed by atoms with E-state index < -0.39 is 7.92 Å². The molecular weight excluding hydrogens is 249 g/mol. The van der Waals surface area contributed by atoms with E-state index in [0.717, 1.165) is 0 Å². The third kappa shape index (κ3) is 2.47. The summed E-state index contributed by atoms with van der Waals surface area (Å²) in [6.45, 7) is 0. The molecule has 0 atom stereocenters. The molecule has 0 saturated heterocycles. The van der Waals surface area contributed by atoms with Crippen LogP contribution in [0.2, 0.25) is 0 Å². The molecule has 2 aromatic carbocycles. The lowest BCUT2D eigenvalue weighted by molar-refractivity contribution is 0.960. The van der Waals surface area contributed by atoms with Crippen molar-refractivity contribution in [3.05, 3.63) is 79.0 Å². The van der Waals surface area contributed by atoms with Crippen molar-refractivity contribution in [2.45, 2.75) is 0 Å². The predicted molar refractivity (Wildman–Crippen MR) is 84.1 cm³/mol. The van der Waals surface area contributed by atoms with Crippen LogP contribution < -0.4 is 16.0 Å². The molecule has 0 N–H and O–H groups in total. The maximum absolute atomic E-state index is 2.23. The Bertz CT molecular complexity index is 604. The van der Waals surface area contributed by atoms with Crippen molar-refractivity contribution in [3.63, 3.8) is 0 Å². The standard InChI is InChI=1S/C17H16NP/c1-18-14-8-13-17(18)19(15-9-4-2-5-10-15)16-11-6-3-7-12-16/h2-14H,1H3. The molecule has 1 heterocycles. The van der Waals surface area contributed by atoms with Gasteiger partial charge in [-0.25, -0.2) is 0 Å². The topological polar surface area (TPSA) is 4.93 Å². The van der Waals surface area contributed by atoms with Crippen LogP contribution in [-0.2, 0) is 7.05 Å². The van der Waals surface area contributed by atoms with Crippen LogP contribution in [0.3, 0.4) is 0 Å². The Balaban J connectivity index is 2.15. The first-order chi connectivity index (χ1) is 9.36. The first-order valence-corrected chi connectivity index (χ1v) is 7.72. The van der Waals surface area contributed by atoms with Gasteiger partial charge < -0.3 is 4.57 Å². The molecule has 0 saturated carbocycles. The van der Waals surface area contributed by atoms with Crippen LogP contribution in [-0.4, -0.2) is 4.57 Å². The predicted octanol–water partition coefficient (Wildman–Crippen LogP) is 2.78. The second-order valence-electron chi connectivity index (χ2n) is 4.48. The van der Waals surface area contributed by atoms with Gasteiger partial charge in [0.15, 0.2) is 0 Å². The Kier molecular flexibility index (Phi) is 3.48. The minimum Gasteiger partial charge on any atom is -0.350 e. The number of benzene rings is 2. The lowest BCUT2D eigenvalue weighted by Gasteiger charge is -2.19. The summed E-state index contributed by atoms with van der Waals surface area (Å²) in [5.74, 6) is 0. The van der Waals surface area contributed by atoms with Gasteiger partial charge in [0.25, 0.3) is 0 Å². The number of aromatic nitrogens is 1. The van der Waals surface area contributed by atoms with Crippen molar-refractivity contribution in [1.29, 1.82) is 0 Å². The van der Waals surface area contributed by atoms with Gasteiger partial charge in [0, 0.05) is 26.6 Å². The third-order valence-corrected chi connectivity index (χ3v) is 5.73. The van der Waals surface area contributed by atoms with Crippen LogP contribution in [0.5, 0.6) is 0 Å². The molecule has 0 aliphatic carbocycles. The molecule has 0 amide bonds. The summed E-state index contributed by atoms with van der Waals surface area (Å²) in [7, 11) is 1.65. The van der Waals surface area contributed by atoms with E-state index in [-0.39, 0.29) is 0 Å². The minimum atomic E-state index is -0.467. The number of aryl methyl sites for hydroxylation is 1. The fourth-order valence-electron chi connectivity index (χ4n) is 2.25. The van der Waals surface area contributed by atoms with Gasteiger partial charge in [-0.3, -0.25) is 0 Å².